The van der Waals surface area contributed by atoms with Crippen molar-refractivity contribution in [1.29, 1.82) is 0 Å². The molecule has 0 aliphatic carbocycles. The predicted molar refractivity (Wildman–Crippen MR) is 111 cm³/mol. The lowest BCUT2D eigenvalue weighted by molar-refractivity contribution is 0.117. The van der Waals surface area contributed by atoms with Gasteiger partial charge in [0.15, 0.2) is 0 Å². The lowest BCUT2D eigenvalue weighted by Gasteiger charge is -2.17. The van der Waals surface area contributed by atoms with E-state index in [9.17, 15) is 5.11 Å². The topological polar surface area (TPSA) is 42.4 Å². The zero-order chi connectivity index (χ0) is 19.1. The van der Waals surface area contributed by atoms with Crippen LogP contribution in [0.2, 0.25) is 0 Å². The van der Waals surface area contributed by atoms with Crippen molar-refractivity contribution >= 4 is 11.6 Å². The molecule has 1 N–H and O–H groups in total. The molecule has 2 aromatic rings. The first-order valence-corrected chi connectivity index (χ1v) is 9.58. The standard InChI is InChI=1S/C24H27NO2/c1-3-8-18(2)21-14-16-27-24(21)13-12-19(22-10-6-7-15-25-22)17-20-9-4-5-11-23(20)26/h4-7,9-11,14-15,17,24,26H,2-3,8,12-13,16H2,1H3/b19-17-. The maximum Gasteiger partial charge on any atom is 0.122 e. The van der Waals surface area contributed by atoms with E-state index in [1.54, 1.807) is 12.3 Å². The molecule has 1 unspecified atom stereocenters. The lowest BCUT2D eigenvalue weighted by atomic mass is 9.93. The minimum atomic E-state index is 0.0838. The third-order valence-electron chi connectivity index (χ3n) is 4.84. The molecular formula is C24H27NO2. The second-order valence-electron chi connectivity index (χ2n) is 6.82. The summed E-state index contributed by atoms with van der Waals surface area (Å²) in [5.41, 5.74) is 5.25. The van der Waals surface area contributed by atoms with Crippen LogP contribution in [0.15, 0.2) is 72.5 Å². The second-order valence-corrected chi connectivity index (χ2v) is 6.82. The molecule has 0 saturated heterocycles. The number of hydrogen-bond acceptors (Lipinski definition) is 3. The predicted octanol–water partition coefficient (Wildman–Crippen LogP) is 5.79. The maximum atomic E-state index is 10.1. The highest BCUT2D eigenvalue weighted by atomic mass is 16.5. The van der Waals surface area contributed by atoms with Crippen LogP contribution in [-0.4, -0.2) is 22.8 Å². The summed E-state index contributed by atoms with van der Waals surface area (Å²) in [6, 6.07) is 13.3. The number of nitrogens with zero attached hydrogens (tertiary/aromatic N) is 1. The van der Waals surface area contributed by atoms with Gasteiger partial charge in [-0.1, -0.05) is 50.3 Å². The van der Waals surface area contributed by atoms with Gasteiger partial charge in [-0.3, -0.25) is 4.98 Å². The second kappa shape index (κ2) is 9.33. The van der Waals surface area contributed by atoms with E-state index in [0.717, 1.165) is 42.5 Å². The van der Waals surface area contributed by atoms with Crippen LogP contribution in [0.5, 0.6) is 5.75 Å². The van der Waals surface area contributed by atoms with Crippen molar-refractivity contribution in [2.45, 2.75) is 38.7 Å². The molecule has 1 aromatic heterocycles. The Morgan fingerprint density at radius 1 is 1.22 bits per heavy atom. The summed E-state index contributed by atoms with van der Waals surface area (Å²) in [5, 5.41) is 10.1. The molecule has 3 nitrogen and oxygen atoms in total. The van der Waals surface area contributed by atoms with Gasteiger partial charge in [0.05, 0.1) is 18.4 Å². The van der Waals surface area contributed by atoms with Crippen LogP contribution in [0.4, 0.5) is 0 Å². The first kappa shape index (κ1) is 19.1. The number of benzene rings is 1. The van der Waals surface area contributed by atoms with E-state index < -0.39 is 0 Å². The molecule has 27 heavy (non-hydrogen) atoms. The average Bonchev–Trinajstić information content (AvgIpc) is 3.16. The Bertz CT molecular complexity index is 836. The molecule has 0 saturated carbocycles. The van der Waals surface area contributed by atoms with Gasteiger partial charge in [-0.2, -0.15) is 0 Å². The molecule has 1 atom stereocenters. The molecule has 0 amide bonds. The van der Waals surface area contributed by atoms with Crippen molar-refractivity contribution < 1.29 is 9.84 Å². The number of ether oxygens (including phenoxy) is 1. The lowest BCUT2D eigenvalue weighted by Crippen LogP contribution is -2.12. The molecule has 0 spiro atoms. The quantitative estimate of drug-likeness (QED) is 0.647. The van der Waals surface area contributed by atoms with Crippen molar-refractivity contribution in [3.05, 3.63) is 83.7 Å². The minimum Gasteiger partial charge on any atom is -0.507 e. The number of aromatic nitrogens is 1. The third-order valence-corrected chi connectivity index (χ3v) is 4.84. The Morgan fingerprint density at radius 2 is 2.04 bits per heavy atom. The number of aromatic hydroxyl groups is 1. The van der Waals surface area contributed by atoms with Crippen LogP contribution in [-0.2, 0) is 4.74 Å². The Labute approximate surface area is 161 Å². The van der Waals surface area contributed by atoms with Gasteiger partial charge in [-0.15, -0.1) is 0 Å². The summed E-state index contributed by atoms with van der Waals surface area (Å²) < 4.78 is 5.94. The number of phenolic OH excluding ortho intramolecular Hbond substituents is 1. The van der Waals surface area contributed by atoms with Crippen LogP contribution in [0.1, 0.15) is 43.9 Å². The normalized spacial score (nSPS) is 17.0. The van der Waals surface area contributed by atoms with Crippen molar-refractivity contribution in [1.82, 2.24) is 4.98 Å². The molecule has 3 rings (SSSR count). The van der Waals surface area contributed by atoms with Gasteiger partial charge >= 0.3 is 0 Å². The van der Waals surface area contributed by atoms with Gasteiger partial charge in [-0.25, -0.2) is 0 Å². The summed E-state index contributed by atoms with van der Waals surface area (Å²) in [4.78, 5) is 4.51. The van der Waals surface area contributed by atoms with Crippen LogP contribution in [0.3, 0.4) is 0 Å². The number of allylic oxidation sites excluding steroid dienone is 1. The van der Waals surface area contributed by atoms with Gasteiger partial charge in [0, 0.05) is 11.8 Å². The van der Waals surface area contributed by atoms with E-state index in [4.69, 9.17) is 4.74 Å². The summed E-state index contributed by atoms with van der Waals surface area (Å²) in [6.07, 6.45) is 9.85. The summed E-state index contributed by atoms with van der Waals surface area (Å²) >= 11 is 0. The van der Waals surface area contributed by atoms with E-state index in [1.807, 2.05) is 42.5 Å². The van der Waals surface area contributed by atoms with Crippen LogP contribution in [0.25, 0.3) is 11.6 Å². The molecule has 1 aliphatic heterocycles. The van der Waals surface area contributed by atoms with Gasteiger partial charge in [-0.05, 0) is 60.3 Å². The third kappa shape index (κ3) is 4.95. The maximum absolute atomic E-state index is 10.1. The number of para-hydroxylation sites is 1. The molecule has 1 aromatic carbocycles. The summed E-state index contributed by atoms with van der Waals surface area (Å²) in [6.45, 7) is 7.06. The first-order chi connectivity index (χ1) is 13.2. The number of rotatable bonds is 8. The van der Waals surface area contributed by atoms with Gasteiger partial charge < -0.3 is 9.84 Å². The highest BCUT2D eigenvalue weighted by molar-refractivity contribution is 5.81. The Kier molecular flexibility index (Phi) is 6.61. The Balaban J connectivity index is 1.80. The molecule has 0 fully saturated rings. The Hall–Kier alpha value is -2.65. The van der Waals surface area contributed by atoms with E-state index in [-0.39, 0.29) is 11.9 Å². The van der Waals surface area contributed by atoms with E-state index in [2.05, 4.69) is 24.6 Å². The van der Waals surface area contributed by atoms with Crippen molar-refractivity contribution in [3.8, 4) is 5.75 Å². The van der Waals surface area contributed by atoms with Crippen LogP contribution < -0.4 is 0 Å². The van der Waals surface area contributed by atoms with Gasteiger partial charge in [0.1, 0.15) is 5.75 Å². The van der Waals surface area contributed by atoms with Crippen molar-refractivity contribution in [2.24, 2.45) is 0 Å². The molecular weight excluding hydrogens is 334 g/mol. The van der Waals surface area contributed by atoms with Gasteiger partial charge in [0.25, 0.3) is 0 Å². The molecule has 3 heteroatoms. The molecule has 0 bridgehead atoms. The van der Waals surface area contributed by atoms with Gasteiger partial charge in [0.2, 0.25) is 0 Å². The van der Waals surface area contributed by atoms with Crippen molar-refractivity contribution in [3.63, 3.8) is 0 Å². The smallest absolute Gasteiger partial charge is 0.122 e. The number of phenols is 1. The molecule has 140 valence electrons. The monoisotopic (exact) mass is 361 g/mol. The highest BCUT2D eigenvalue weighted by Crippen LogP contribution is 2.31. The largest absolute Gasteiger partial charge is 0.507 e. The minimum absolute atomic E-state index is 0.0838. The number of pyridine rings is 1. The molecule has 0 radical (unpaired) electrons. The highest BCUT2D eigenvalue weighted by Gasteiger charge is 2.22. The molecule has 2 heterocycles. The fraction of sp³-hybridized carbons (Fsp3) is 0.292. The Morgan fingerprint density at radius 3 is 2.78 bits per heavy atom. The van der Waals surface area contributed by atoms with E-state index in [0.29, 0.717) is 6.61 Å². The summed E-state index contributed by atoms with van der Waals surface area (Å²) in [7, 11) is 0. The van der Waals surface area contributed by atoms with E-state index >= 15 is 0 Å². The van der Waals surface area contributed by atoms with Crippen molar-refractivity contribution in [2.75, 3.05) is 6.61 Å². The fourth-order valence-corrected chi connectivity index (χ4v) is 3.44. The zero-order valence-corrected chi connectivity index (χ0v) is 15.9. The van der Waals surface area contributed by atoms with E-state index in [1.165, 1.54) is 11.1 Å². The summed E-state index contributed by atoms with van der Waals surface area (Å²) in [5.74, 6) is 0.278. The number of hydrogen-bond donors (Lipinski definition) is 1. The zero-order valence-electron chi connectivity index (χ0n) is 15.9. The SMILES string of the molecule is C=C(CCC)C1=CCOC1CC/C(=C/c1ccccc1O)c1ccccn1. The first-order valence-electron chi connectivity index (χ1n) is 9.58. The molecule has 1 aliphatic rings. The average molecular weight is 361 g/mol. The fourth-order valence-electron chi connectivity index (χ4n) is 3.44. The van der Waals surface area contributed by atoms with Crippen LogP contribution >= 0.6 is 0 Å². The van der Waals surface area contributed by atoms with Crippen LogP contribution in [0, 0.1) is 0 Å².